The van der Waals surface area contributed by atoms with Gasteiger partial charge >= 0.3 is 0 Å². The molecule has 35 heavy (non-hydrogen) atoms. The fourth-order valence-corrected chi connectivity index (χ4v) is 4.53. The van der Waals surface area contributed by atoms with Crippen LogP contribution in [0.4, 0.5) is 0 Å². The molecule has 0 saturated carbocycles. The number of aliphatic hydroxyl groups excluding tert-OH is 1. The maximum atomic E-state index is 12.6. The van der Waals surface area contributed by atoms with Crippen LogP contribution >= 0.6 is 0 Å². The van der Waals surface area contributed by atoms with Gasteiger partial charge in [0.2, 0.25) is 0 Å². The van der Waals surface area contributed by atoms with Crippen molar-refractivity contribution in [3.8, 4) is 11.3 Å². The molecule has 1 aliphatic rings. The van der Waals surface area contributed by atoms with Crippen LogP contribution in [-0.2, 0) is 13.0 Å². The van der Waals surface area contributed by atoms with Gasteiger partial charge in [-0.15, -0.1) is 0 Å². The van der Waals surface area contributed by atoms with E-state index in [9.17, 15) is 9.90 Å². The van der Waals surface area contributed by atoms with Crippen LogP contribution in [0.1, 0.15) is 46.2 Å². The number of aromatic nitrogens is 2. The smallest absolute Gasteiger partial charge is 0.251 e. The van der Waals surface area contributed by atoms with Gasteiger partial charge in [-0.05, 0) is 43.0 Å². The Bertz CT molecular complexity index is 1240. The number of hydrogen-bond donors (Lipinski definition) is 3. The zero-order valence-corrected chi connectivity index (χ0v) is 19.3. The summed E-state index contributed by atoms with van der Waals surface area (Å²) in [7, 11) is 0. The SMILES string of the molecule is O=C(NCc1cc(-c2ccccc2)no1)c1ccc(C[C@@H]2CC[C@H]([C@H](O)c3cccnc3)N2)cc1. The zero-order chi connectivity index (χ0) is 24.0. The van der Waals surface area contributed by atoms with Crippen LogP contribution in [0, 0.1) is 0 Å². The van der Waals surface area contributed by atoms with Crippen LogP contribution in [0.15, 0.2) is 89.7 Å². The molecule has 2 aromatic carbocycles. The van der Waals surface area contributed by atoms with Crippen molar-refractivity contribution in [2.24, 2.45) is 0 Å². The number of benzene rings is 2. The molecule has 1 saturated heterocycles. The Balaban J connectivity index is 1.11. The minimum atomic E-state index is -0.562. The summed E-state index contributed by atoms with van der Waals surface area (Å²) >= 11 is 0. The van der Waals surface area contributed by atoms with E-state index in [1.807, 2.05) is 72.8 Å². The molecule has 7 nitrogen and oxygen atoms in total. The molecule has 0 unspecified atom stereocenters. The van der Waals surface area contributed by atoms with Crippen molar-refractivity contribution in [2.75, 3.05) is 0 Å². The lowest BCUT2D eigenvalue weighted by molar-refractivity contribution is 0.0947. The predicted octanol–water partition coefficient (Wildman–Crippen LogP) is 4.06. The summed E-state index contributed by atoms with van der Waals surface area (Å²) in [5.41, 5.74) is 4.30. The van der Waals surface area contributed by atoms with E-state index < -0.39 is 6.10 Å². The third kappa shape index (κ3) is 5.65. The Morgan fingerprint density at radius 2 is 1.91 bits per heavy atom. The van der Waals surface area contributed by atoms with Crippen molar-refractivity contribution in [1.29, 1.82) is 0 Å². The molecule has 1 fully saturated rings. The first-order valence-electron chi connectivity index (χ1n) is 11.9. The lowest BCUT2D eigenvalue weighted by atomic mass is 10.0. The van der Waals surface area contributed by atoms with Gasteiger partial charge in [-0.3, -0.25) is 9.78 Å². The van der Waals surface area contributed by atoms with Crippen molar-refractivity contribution >= 4 is 5.91 Å². The monoisotopic (exact) mass is 468 g/mol. The van der Waals surface area contributed by atoms with Crippen molar-refractivity contribution in [3.63, 3.8) is 0 Å². The fourth-order valence-electron chi connectivity index (χ4n) is 4.53. The normalized spacial score (nSPS) is 18.3. The van der Waals surface area contributed by atoms with Gasteiger partial charge in [0.1, 0.15) is 5.69 Å². The molecule has 3 heterocycles. The number of carbonyl (C=O) groups is 1. The third-order valence-corrected chi connectivity index (χ3v) is 6.43. The molecule has 4 aromatic rings. The summed E-state index contributed by atoms with van der Waals surface area (Å²) in [5, 5.41) is 21.2. The first kappa shape index (κ1) is 23.0. The van der Waals surface area contributed by atoms with Crippen molar-refractivity contribution in [3.05, 3.63) is 108 Å². The molecule has 0 bridgehead atoms. The molecule has 3 atom stereocenters. The molecular weight excluding hydrogens is 440 g/mol. The molecule has 178 valence electrons. The summed E-state index contributed by atoms with van der Waals surface area (Å²) < 4.78 is 5.36. The van der Waals surface area contributed by atoms with Gasteiger partial charge < -0.3 is 20.3 Å². The molecular formula is C28H28N4O3. The number of aliphatic hydroxyl groups is 1. The summed E-state index contributed by atoms with van der Waals surface area (Å²) in [6, 6.07) is 23.3. The first-order valence-corrected chi connectivity index (χ1v) is 11.9. The van der Waals surface area contributed by atoms with E-state index in [1.54, 1.807) is 12.4 Å². The largest absolute Gasteiger partial charge is 0.387 e. The molecule has 0 spiro atoms. The van der Waals surface area contributed by atoms with Crippen molar-refractivity contribution in [1.82, 2.24) is 20.8 Å². The molecule has 3 N–H and O–H groups in total. The molecule has 1 amide bonds. The molecule has 1 aliphatic heterocycles. The van der Waals surface area contributed by atoms with E-state index in [1.165, 1.54) is 0 Å². The molecule has 5 rings (SSSR count). The number of amides is 1. The summed E-state index contributed by atoms with van der Waals surface area (Å²) in [4.78, 5) is 16.7. The second-order valence-corrected chi connectivity index (χ2v) is 8.91. The van der Waals surface area contributed by atoms with Gasteiger partial charge in [0, 0.05) is 47.2 Å². The predicted molar refractivity (Wildman–Crippen MR) is 132 cm³/mol. The Labute approximate surface area is 204 Å². The molecule has 0 aliphatic carbocycles. The van der Waals surface area contributed by atoms with E-state index in [0.717, 1.165) is 41.6 Å². The summed E-state index contributed by atoms with van der Waals surface area (Å²) in [6.45, 7) is 0.271. The summed E-state index contributed by atoms with van der Waals surface area (Å²) in [6.07, 6.45) is 5.61. The number of nitrogens with one attached hydrogen (secondary N) is 2. The van der Waals surface area contributed by atoms with Crippen LogP contribution in [0.2, 0.25) is 0 Å². The molecule has 0 radical (unpaired) electrons. The fraction of sp³-hybridized carbons (Fsp3) is 0.250. The minimum absolute atomic E-state index is 0.0211. The van der Waals surface area contributed by atoms with Crippen LogP contribution in [0.25, 0.3) is 11.3 Å². The highest BCUT2D eigenvalue weighted by molar-refractivity contribution is 5.94. The highest BCUT2D eigenvalue weighted by Gasteiger charge is 2.30. The number of pyridine rings is 1. The van der Waals surface area contributed by atoms with Gasteiger partial charge in [0.15, 0.2) is 5.76 Å². The van der Waals surface area contributed by atoms with Crippen molar-refractivity contribution in [2.45, 2.75) is 44.0 Å². The Hall–Kier alpha value is -3.81. The Kier molecular flexibility index (Phi) is 6.97. The molecule has 2 aromatic heterocycles. The van der Waals surface area contributed by atoms with Gasteiger partial charge in [-0.25, -0.2) is 0 Å². The van der Waals surface area contributed by atoms with E-state index in [-0.39, 0.29) is 24.5 Å². The highest BCUT2D eigenvalue weighted by atomic mass is 16.5. The van der Waals surface area contributed by atoms with Gasteiger partial charge in [0.05, 0.1) is 12.6 Å². The third-order valence-electron chi connectivity index (χ3n) is 6.43. The number of nitrogens with zero attached hydrogens (tertiary/aromatic N) is 2. The van der Waals surface area contributed by atoms with E-state index in [4.69, 9.17) is 4.52 Å². The van der Waals surface area contributed by atoms with Crippen LogP contribution in [-0.4, -0.2) is 33.2 Å². The van der Waals surface area contributed by atoms with Gasteiger partial charge in [-0.1, -0.05) is 53.7 Å². The van der Waals surface area contributed by atoms with Gasteiger partial charge in [0.25, 0.3) is 5.91 Å². The number of carbonyl (C=O) groups excluding carboxylic acids is 1. The Morgan fingerprint density at radius 1 is 1.09 bits per heavy atom. The van der Waals surface area contributed by atoms with Gasteiger partial charge in [-0.2, -0.15) is 0 Å². The maximum Gasteiger partial charge on any atom is 0.251 e. The lowest BCUT2D eigenvalue weighted by Gasteiger charge is -2.20. The maximum absolute atomic E-state index is 12.6. The van der Waals surface area contributed by atoms with Crippen molar-refractivity contribution < 1.29 is 14.4 Å². The van der Waals surface area contributed by atoms with E-state index in [2.05, 4.69) is 20.8 Å². The second kappa shape index (κ2) is 10.6. The van der Waals surface area contributed by atoms with Crippen LogP contribution in [0.3, 0.4) is 0 Å². The summed E-state index contributed by atoms with van der Waals surface area (Å²) in [5.74, 6) is 0.442. The standard InChI is InChI=1S/C28H28N4O3/c33-27(22-7-4-14-29-17-22)25-13-12-23(31-25)15-19-8-10-21(11-9-19)28(34)30-18-24-16-26(32-35-24)20-5-2-1-3-6-20/h1-11,14,16-17,23,25,27,31,33H,12-13,15,18H2,(H,30,34)/t23-,25+,27+/m0/s1. The highest BCUT2D eigenvalue weighted by Crippen LogP contribution is 2.26. The Morgan fingerprint density at radius 3 is 2.69 bits per heavy atom. The van der Waals surface area contributed by atoms with Crippen LogP contribution < -0.4 is 10.6 Å². The average molecular weight is 469 g/mol. The zero-order valence-electron chi connectivity index (χ0n) is 19.3. The molecule has 7 heteroatoms. The van der Waals surface area contributed by atoms with E-state index in [0.29, 0.717) is 11.3 Å². The van der Waals surface area contributed by atoms with Crippen LogP contribution in [0.5, 0.6) is 0 Å². The average Bonchev–Trinajstić information content (AvgIpc) is 3.58. The quantitative estimate of drug-likeness (QED) is 0.361. The first-order chi connectivity index (χ1) is 17.2. The number of hydrogen-bond acceptors (Lipinski definition) is 6. The topological polar surface area (TPSA) is 100 Å². The second-order valence-electron chi connectivity index (χ2n) is 8.91. The lowest BCUT2D eigenvalue weighted by Crippen LogP contribution is -2.35. The van der Waals surface area contributed by atoms with E-state index >= 15 is 0 Å². The number of rotatable bonds is 8. The minimum Gasteiger partial charge on any atom is -0.387 e.